The van der Waals surface area contributed by atoms with Crippen molar-refractivity contribution in [3.63, 3.8) is 0 Å². The summed E-state index contributed by atoms with van der Waals surface area (Å²) in [5.41, 5.74) is 9.05. The summed E-state index contributed by atoms with van der Waals surface area (Å²) >= 11 is 3.50. The Bertz CT molecular complexity index is 972. The van der Waals surface area contributed by atoms with E-state index in [9.17, 15) is 0 Å². The van der Waals surface area contributed by atoms with Crippen molar-refractivity contribution in [2.45, 2.75) is 0 Å². The van der Waals surface area contributed by atoms with Gasteiger partial charge >= 0.3 is 0 Å². The zero-order valence-corrected chi connectivity index (χ0v) is 12.7. The average molecular weight is 338 g/mol. The summed E-state index contributed by atoms with van der Waals surface area (Å²) in [7, 11) is 0. The van der Waals surface area contributed by atoms with Crippen molar-refractivity contribution in [1.82, 2.24) is 9.55 Å². The van der Waals surface area contributed by atoms with E-state index >= 15 is 0 Å². The quantitative estimate of drug-likeness (QED) is 0.554. The minimum atomic E-state index is 0.507. The fourth-order valence-electron chi connectivity index (χ4n) is 2.66. The number of benzene rings is 3. The van der Waals surface area contributed by atoms with E-state index in [4.69, 9.17) is 5.73 Å². The molecule has 2 N–H and O–H groups in total. The van der Waals surface area contributed by atoms with E-state index in [2.05, 4.69) is 51.2 Å². The zero-order valence-electron chi connectivity index (χ0n) is 11.1. The molecule has 1 aromatic heterocycles. The Hall–Kier alpha value is -2.33. The third-order valence-corrected chi connectivity index (χ3v) is 4.12. The second-order valence-electron chi connectivity index (χ2n) is 4.97. The van der Waals surface area contributed by atoms with Crippen LogP contribution in [0.15, 0.2) is 65.1 Å². The predicted octanol–water partition coefficient (Wildman–Crippen LogP) is 4.52. The van der Waals surface area contributed by atoms with E-state index in [1.165, 1.54) is 10.8 Å². The number of hydrogen-bond donors (Lipinski definition) is 1. The second-order valence-corrected chi connectivity index (χ2v) is 5.89. The fraction of sp³-hybridized carbons (Fsp3) is 0. The van der Waals surface area contributed by atoms with Crippen LogP contribution in [0.1, 0.15) is 0 Å². The van der Waals surface area contributed by atoms with Crippen molar-refractivity contribution in [2.75, 3.05) is 5.73 Å². The van der Waals surface area contributed by atoms with Gasteiger partial charge in [-0.15, -0.1) is 0 Å². The van der Waals surface area contributed by atoms with Gasteiger partial charge in [0.05, 0.1) is 11.0 Å². The Kier molecular flexibility index (Phi) is 2.72. The summed E-state index contributed by atoms with van der Waals surface area (Å²) in [6.45, 7) is 0. The maximum Gasteiger partial charge on any atom is 0.205 e. The molecular weight excluding hydrogens is 326 g/mol. The number of halogens is 1. The van der Waals surface area contributed by atoms with E-state index in [1.807, 2.05) is 34.9 Å². The Morgan fingerprint density at radius 2 is 1.67 bits per heavy atom. The molecule has 4 rings (SSSR count). The van der Waals surface area contributed by atoms with Gasteiger partial charge < -0.3 is 5.73 Å². The van der Waals surface area contributed by atoms with Crippen LogP contribution in [-0.2, 0) is 0 Å². The number of fused-ring (bicyclic) bond motifs is 2. The first-order chi connectivity index (χ1) is 10.2. The van der Waals surface area contributed by atoms with Crippen LogP contribution in [0.3, 0.4) is 0 Å². The lowest BCUT2D eigenvalue weighted by atomic mass is 10.1. The van der Waals surface area contributed by atoms with Gasteiger partial charge in [-0.2, -0.15) is 0 Å². The molecule has 0 amide bonds. The smallest absolute Gasteiger partial charge is 0.205 e. The van der Waals surface area contributed by atoms with Crippen molar-refractivity contribution in [3.05, 3.63) is 65.1 Å². The molecule has 1 heterocycles. The summed E-state index contributed by atoms with van der Waals surface area (Å²) in [6.07, 6.45) is 0. The highest BCUT2D eigenvalue weighted by atomic mass is 79.9. The second kappa shape index (κ2) is 4.60. The summed E-state index contributed by atoms with van der Waals surface area (Å²) in [5.74, 6) is 0.507. The van der Waals surface area contributed by atoms with Crippen LogP contribution in [0.25, 0.3) is 27.5 Å². The molecule has 102 valence electrons. The molecule has 0 saturated heterocycles. The lowest BCUT2D eigenvalue weighted by Gasteiger charge is -2.08. The fourth-order valence-corrected chi connectivity index (χ4v) is 3.04. The number of nitrogen functional groups attached to an aromatic ring is 1. The Balaban J connectivity index is 2.00. The highest BCUT2D eigenvalue weighted by Crippen LogP contribution is 2.27. The molecule has 0 radical (unpaired) electrons. The SMILES string of the molecule is Nc1nc2ccccc2n1-c1ccc2cc(Br)ccc2c1. The molecule has 21 heavy (non-hydrogen) atoms. The van der Waals surface area contributed by atoms with Crippen LogP contribution in [-0.4, -0.2) is 9.55 Å². The third-order valence-electron chi connectivity index (χ3n) is 3.63. The van der Waals surface area contributed by atoms with Crippen molar-refractivity contribution < 1.29 is 0 Å². The standard InChI is InChI=1S/C17H12BrN3/c18-13-7-5-12-10-14(8-6-11(12)9-13)21-16-4-2-1-3-15(16)20-17(21)19/h1-10H,(H2,19,20). The minimum absolute atomic E-state index is 0.507. The number of hydrogen-bond acceptors (Lipinski definition) is 2. The molecule has 0 bridgehead atoms. The first-order valence-corrected chi connectivity index (χ1v) is 7.44. The minimum Gasteiger partial charge on any atom is -0.369 e. The van der Waals surface area contributed by atoms with Gasteiger partial charge in [-0.05, 0) is 47.2 Å². The zero-order chi connectivity index (χ0) is 14.4. The molecule has 4 heteroatoms. The van der Waals surface area contributed by atoms with E-state index < -0.39 is 0 Å². The Morgan fingerprint density at radius 1 is 0.905 bits per heavy atom. The van der Waals surface area contributed by atoms with E-state index in [0.29, 0.717) is 5.95 Å². The molecule has 3 aromatic carbocycles. The number of para-hydroxylation sites is 2. The van der Waals surface area contributed by atoms with Gasteiger partial charge in [0, 0.05) is 10.2 Å². The normalized spacial score (nSPS) is 11.3. The number of nitrogens with two attached hydrogens (primary N) is 1. The number of nitrogens with zero attached hydrogens (tertiary/aromatic N) is 2. The number of anilines is 1. The molecule has 0 aliphatic rings. The van der Waals surface area contributed by atoms with E-state index in [0.717, 1.165) is 21.2 Å². The Morgan fingerprint density at radius 3 is 2.57 bits per heavy atom. The summed E-state index contributed by atoms with van der Waals surface area (Å²) < 4.78 is 3.06. The van der Waals surface area contributed by atoms with Crippen LogP contribution >= 0.6 is 15.9 Å². The molecule has 0 atom stereocenters. The number of aromatic nitrogens is 2. The molecule has 0 unspecified atom stereocenters. The summed E-state index contributed by atoms with van der Waals surface area (Å²) in [6, 6.07) is 20.5. The van der Waals surface area contributed by atoms with Crippen LogP contribution < -0.4 is 5.73 Å². The van der Waals surface area contributed by atoms with Crippen LogP contribution in [0.5, 0.6) is 0 Å². The summed E-state index contributed by atoms with van der Waals surface area (Å²) in [5, 5.41) is 2.36. The van der Waals surface area contributed by atoms with Gasteiger partial charge in [0.1, 0.15) is 0 Å². The topological polar surface area (TPSA) is 43.8 Å². The number of imidazole rings is 1. The van der Waals surface area contributed by atoms with Crippen molar-refractivity contribution in [3.8, 4) is 5.69 Å². The highest BCUT2D eigenvalue weighted by molar-refractivity contribution is 9.10. The monoisotopic (exact) mass is 337 g/mol. The molecule has 0 spiro atoms. The third kappa shape index (κ3) is 1.99. The van der Waals surface area contributed by atoms with Gasteiger partial charge in [0.25, 0.3) is 0 Å². The largest absolute Gasteiger partial charge is 0.369 e. The van der Waals surface area contributed by atoms with E-state index in [1.54, 1.807) is 0 Å². The number of rotatable bonds is 1. The lowest BCUT2D eigenvalue weighted by Crippen LogP contribution is -2.00. The molecule has 0 aliphatic heterocycles. The summed E-state index contributed by atoms with van der Waals surface area (Å²) in [4.78, 5) is 4.42. The molecule has 0 saturated carbocycles. The van der Waals surface area contributed by atoms with Gasteiger partial charge in [-0.1, -0.05) is 40.2 Å². The van der Waals surface area contributed by atoms with Gasteiger partial charge in [0.2, 0.25) is 5.95 Å². The van der Waals surface area contributed by atoms with Crippen LogP contribution in [0, 0.1) is 0 Å². The molecule has 0 fully saturated rings. The lowest BCUT2D eigenvalue weighted by molar-refractivity contribution is 1.11. The molecular formula is C17H12BrN3. The van der Waals surface area contributed by atoms with Crippen molar-refractivity contribution >= 4 is 43.7 Å². The Labute approximate surface area is 130 Å². The first kappa shape index (κ1) is 12.4. The van der Waals surface area contributed by atoms with Crippen LogP contribution in [0.2, 0.25) is 0 Å². The first-order valence-electron chi connectivity index (χ1n) is 6.65. The van der Waals surface area contributed by atoms with Gasteiger partial charge in [-0.25, -0.2) is 4.98 Å². The average Bonchev–Trinajstić information content (AvgIpc) is 2.82. The van der Waals surface area contributed by atoms with Gasteiger partial charge in [-0.3, -0.25) is 4.57 Å². The van der Waals surface area contributed by atoms with Gasteiger partial charge in [0.15, 0.2) is 0 Å². The molecule has 0 aliphatic carbocycles. The molecule has 4 aromatic rings. The predicted molar refractivity (Wildman–Crippen MR) is 90.7 cm³/mol. The van der Waals surface area contributed by atoms with E-state index in [-0.39, 0.29) is 0 Å². The van der Waals surface area contributed by atoms with Crippen LogP contribution in [0.4, 0.5) is 5.95 Å². The highest BCUT2D eigenvalue weighted by Gasteiger charge is 2.09. The van der Waals surface area contributed by atoms with Crippen molar-refractivity contribution in [1.29, 1.82) is 0 Å². The van der Waals surface area contributed by atoms with Crippen molar-refractivity contribution in [2.24, 2.45) is 0 Å². The maximum absolute atomic E-state index is 6.10. The molecule has 3 nitrogen and oxygen atoms in total. The maximum atomic E-state index is 6.10.